The average molecular weight is 553 g/mol. The standard InChI is InChI=1S/C28H24ClF3N6O/c1-17-3-2-11-34-25(17)27(39)35-20-9-13-38(14-10-20)24-15-22(21-8-12-33-16-23(21)29)26(37-36-24)18-4-6-19(7-5-18)28(30,31)32/h2-8,11-12,15-16,20H,9-10,13-14H2,1H3,(H,35,39). The lowest BCUT2D eigenvalue weighted by atomic mass is 9.99. The Labute approximate surface area is 228 Å². The van der Waals surface area contributed by atoms with Crippen LogP contribution in [-0.2, 0) is 6.18 Å². The monoisotopic (exact) mass is 552 g/mol. The molecule has 1 aliphatic rings. The van der Waals surface area contributed by atoms with Gasteiger partial charge in [-0.25, -0.2) is 0 Å². The number of carbonyl (C=O) groups is 1. The van der Waals surface area contributed by atoms with Crippen molar-refractivity contribution in [3.63, 3.8) is 0 Å². The summed E-state index contributed by atoms with van der Waals surface area (Å²) in [6.45, 7) is 3.11. The van der Waals surface area contributed by atoms with E-state index in [4.69, 9.17) is 11.6 Å². The number of aromatic nitrogens is 4. The van der Waals surface area contributed by atoms with Crippen molar-refractivity contribution in [1.29, 1.82) is 0 Å². The lowest BCUT2D eigenvalue weighted by Crippen LogP contribution is -2.45. The number of pyridine rings is 2. The fraction of sp³-hybridized carbons (Fsp3) is 0.250. The topological polar surface area (TPSA) is 83.9 Å². The van der Waals surface area contributed by atoms with E-state index >= 15 is 0 Å². The van der Waals surface area contributed by atoms with Crippen LogP contribution in [0.2, 0.25) is 5.02 Å². The normalized spacial score (nSPS) is 14.3. The van der Waals surface area contributed by atoms with Crippen LogP contribution >= 0.6 is 11.6 Å². The van der Waals surface area contributed by atoms with E-state index in [0.29, 0.717) is 64.8 Å². The van der Waals surface area contributed by atoms with Gasteiger partial charge in [-0.1, -0.05) is 29.8 Å². The van der Waals surface area contributed by atoms with E-state index < -0.39 is 11.7 Å². The molecule has 1 amide bonds. The van der Waals surface area contributed by atoms with Gasteiger partial charge in [0, 0.05) is 54.4 Å². The highest BCUT2D eigenvalue weighted by Crippen LogP contribution is 2.37. The van der Waals surface area contributed by atoms with E-state index in [1.807, 2.05) is 19.1 Å². The van der Waals surface area contributed by atoms with Gasteiger partial charge < -0.3 is 10.2 Å². The highest BCUT2D eigenvalue weighted by atomic mass is 35.5. The Kier molecular flexibility index (Phi) is 7.47. The summed E-state index contributed by atoms with van der Waals surface area (Å²) in [7, 11) is 0. The second-order valence-electron chi connectivity index (χ2n) is 9.30. The number of benzene rings is 1. The molecule has 1 N–H and O–H groups in total. The number of piperidine rings is 1. The number of hydrogen-bond donors (Lipinski definition) is 1. The third-order valence-electron chi connectivity index (χ3n) is 6.71. The Hall–Kier alpha value is -4.05. The van der Waals surface area contributed by atoms with Crippen LogP contribution in [0, 0.1) is 6.92 Å². The van der Waals surface area contributed by atoms with Gasteiger partial charge in [-0.05, 0) is 55.7 Å². The summed E-state index contributed by atoms with van der Waals surface area (Å²) in [6.07, 6.45) is 1.66. The fourth-order valence-corrected chi connectivity index (χ4v) is 4.82. The minimum Gasteiger partial charge on any atom is -0.355 e. The van der Waals surface area contributed by atoms with Crippen LogP contribution in [0.5, 0.6) is 0 Å². The molecule has 4 aromatic rings. The lowest BCUT2D eigenvalue weighted by molar-refractivity contribution is -0.137. The van der Waals surface area contributed by atoms with E-state index in [9.17, 15) is 18.0 Å². The predicted octanol–water partition coefficient (Wildman–Crippen LogP) is 5.98. The Morgan fingerprint density at radius 2 is 1.77 bits per heavy atom. The molecule has 1 saturated heterocycles. The maximum absolute atomic E-state index is 13.1. The number of alkyl halides is 3. The highest BCUT2D eigenvalue weighted by molar-refractivity contribution is 6.33. The molecule has 11 heteroatoms. The number of hydrogen-bond acceptors (Lipinski definition) is 6. The first kappa shape index (κ1) is 26.6. The van der Waals surface area contributed by atoms with E-state index in [2.05, 4.69) is 30.4 Å². The number of nitrogens with zero attached hydrogens (tertiary/aromatic N) is 5. The predicted molar refractivity (Wildman–Crippen MR) is 142 cm³/mol. The first-order valence-corrected chi connectivity index (χ1v) is 12.7. The first-order chi connectivity index (χ1) is 18.7. The summed E-state index contributed by atoms with van der Waals surface area (Å²) in [4.78, 5) is 23.0. The van der Waals surface area contributed by atoms with E-state index in [-0.39, 0.29) is 11.9 Å². The molecule has 0 aliphatic carbocycles. The van der Waals surface area contributed by atoms with Crippen LogP contribution in [0.1, 0.15) is 34.5 Å². The number of nitrogens with one attached hydrogen (secondary N) is 1. The lowest BCUT2D eigenvalue weighted by Gasteiger charge is -2.33. The zero-order chi connectivity index (χ0) is 27.6. The zero-order valence-corrected chi connectivity index (χ0v) is 21.7. The maximum Gasteiger partial charge on any atom is 0.416 e. The Morgan fingerprint density at radius 1 is 1.03 bits per heavy atom. The van der Waals surface area contributed by atoms with Crippen LogP contribution in [0.4, 0.5) is 19.0 Å². The molecule has 0 spiro atoms. The average Bonchev–Trinajstić information content (AvgIpc) is 2.93. The van der Waals surface area contributed by atoms with Gasteiger partial charge >= 0.3 is 6.18 Å². The van der Waals surface area contributed by atoms with Gasteiger partial charge in [-0.3, -0.25) is 14.8 Å². The third-order valence-corrected chi connectivity index (χ3v) is 7.01. The van der Waals surface area contributed by atoms with Gasteiger partial charge in [0.25, 0.3) is 5.91 Å². The summed E-state index contributed by atoms with van der Waals surface area (Å²) in [5, 5.41) is 12.3. The van der Waals surface area contributed by atoms with Crippen molar-refractivity contribution in [2.45, 2.75) is 32.0 Å². The van der Waals surface area contributed by atoms with Crippen molar-refractivity contribution in [2.75, 3.05) is 18.0 Å². The maximum atomic E-state index is 13.1. The second kappa shape index (κ2) is 11.0. The molecule has 0 saturated carbocycles. The summed E-state index contributed by atoms with van der Waals surface area (Å²) < 4.78 is 39.3. The molecule has 4 heterocycles. The van der Waals surface area contributed by atoms with Gasteiger partial charge in [0.2, 0.25) is 0 Å². The van der Waals surface area contributed by atoms with Gasteiger partial charge in [-0.2, -0.15) is 13.2 Å². The molecule has 1 aliphatic heterocycles. The highest BCUT2D eigenvalue weighted by Gasteiger charge is 2.30. The van der Waals surface area contributed by atoms with Gasteiger partial charge in [0.1, 0.15) is 11.4 Å². The minimum absolute atomic E-state index is 0.0105. The van der Waals surface area contributed by atoms with Crippen molar-refractivity contribution in [2.24, 2.45) is 0 Å². The molecule has 200 valence electrons. The Bertz CT molecular complexity index is 1490. The van der Waals surface area contributed by atoms with E-state index in [0.717, 1.165) is 17.7 Å². The van der Waals surface area contributed by atoms with Crippen molar-refractivity contribution in [3.05, 3.63) is 89.0 Å². The molecule has 39 heavy (non-hydrogen) atoms. The zero-order valence-electron chi connectivity index (χ0n) is 20.9. The Balaban J connectivity index is 1.38. The molecule has 0 bridgehead atoms. The van der Waals surface area contributed by atoms with Crippen molar-refractivity contribution in [1.82, 2.24) is 25.5 Å². The van der Waals surface area contributed by atoms with Crippen LogP contribution in [0.25, 0.3) is 22.4 Å². The quantitative estimate of drug-likeness (QED) is 0.328. The van der Waals surface area contributed by atoms with Crippen LogP contribution in [0.15, 0.2) is 67.1 Å². The van der Waals surface area contributed by atoms with Crippen LogP contribution in [-0.4, -0.2) is 45.2 Å². The van der Waals surface area contributed by atoms with Gasteiger partial charge in [0.15, 0.2) is 5.82 Å². The summed E-state index contributed by atoms with van der Waals surface area (Å²) >= 11 is 6.45. The molecule has 5 rings (SSSR count). The molecule has 7 nitrogen and oxygen atoms in total. The molecule has 0 radical (unpaired) electrons. The molecule has 1 fully saturated rings. The number of rotatable bonds is 5. The van der Waals surface area contributed by atoms with E-state index in [1.165, 1.54) is 18.3 Å². The fourth-order valence-electron chi connectivity index (χ4n) is 4.60. The van der Waals surface area contributed by atoms with Crippen molar-refractivity contribution in [3.8, 4) is 22.4 Å². The largest absolute Gasteiger partial charge is 0.416 e. The first-order valence-electron chi connectivity index (χ1n) is 12.3. The summed E-state index contributed by atoms with van der Waals surface area (Å²) in [6, 6.07) is 12.0. The molecule has 1 aromatic carbocycles. The Morgan fingerprint density at radius 3 is 2.44 bits per heavy atom. The summed E-state index contributed by atoms with van der Waals surface area (Å²) in [5.41, 5.74) is 2.66. The second-order valence-corrected chi connectivity index (χ2v) is 9.71. The minimum atomic E-state index is -4.44. The SMILES string of the molecule is Cc1cccnc1C(=O)NC1CCN(c2cc(-c3ccncc3Cl)c(-c3ccc(C(F)(F)F)cc3)nn2)CC1. The number of aryl methyl sites for hydroxylation is 1. The van der Waals surface area contributed by atoms with Crippen molar-refractivity contribution >= 4 is 23.3 Å². The molecule has 3 aromatic heterocycles. The third kappa shape index (κ3) is 5.85. The van der Waals surface area contributed by atoms with Crippen LogP contribution < -0.4 is 10.2 Å². The number of halogens is 4. The van der Waals surface area contributed by atoms with Crippen LogP contribution in [0.3, 0.4) is 0 Å². The van der Waals surface area contributed by atoms with Gasteiger partial charge in [-0.15, -0.1) is 10.2 Å². The van der Waals surface area contributed by atoms with Crippen molar-refractivity contribution < 1.29 is 18.0 Å². The number of amides is 1. The molecule has 0 atom stereocenters. The molecule has 0 unspecified atom stereocenters. The number of carbonyl (C=O) groups excluding carboxylic acids is 1. The molecular weight excluding hydrogens is 529 g/mol. The van der Waals surface area contributed by atoms with E-state index in [1.54, 1.807) is 24.5 Å². The van der Waals surface area contributed by atoms with Gasteiger partial charge in [0.05, 0.1) is 10.6 Å². The molecular formula is C28H24ClF3N6O. The number of anilines is 1. The summed E-state index contributed by atoms with van der Waals surface area (Å²) in [5.74, 6) is 0.417. The smallest absolute Gasteiger partial charge is 0.355 e.